The highest BCUT2D eigenvalue weighted by atomic mass is 16.6. The molecule has 8 nitrogen and oxygen atoms in total. The van der Waals surface area contributed by atoms with Gasteiger partial charge in [-0.2, -0.15) is 5.10 Å². The largest absolute Gasteiger partial charge is 0.301 e. The van der Waals surface area contributed by atoms with Crippen LogP contribution in [-0.4, -0.2) is 16.1 Å². The van der Waals surface area contributed by atoms with E-state index < -0.39 is 15.5 Å². The molecule has 2 aromatic carbocycles. The van der Waals surface area contributed by atoms with Gasteiger partial charge in [0.05, 0.1) is 22.1 Å². The predicted molar refractivity (Wildman–Crippen MR) is 111 cm³/mol. The van der Waals surface area contributed by atoms with Crippen molar-refractivity contribution in [3.8, 4) is 11.8 Å². The summed E-state index contributed by atoms with van der Waals surface area (Å²) in [5.41, 5.74) is 4.88. The zero-order valence-corrected chi connectivity index (χ0v) is 15.5. The minimum absolute atomic E-state index is 0.0881. The summed E-state index contributed by atoms with van der Waals surface area (Å²) in [5.74, 6) is 6.36. The quantitative estimate of drug-likeness (QED) is 0.340. The Kier molecular flexibility index (Phi) is 6.32. The molecule has 0 amide bonds. The molecule has 0 saturated heterocycles. The first kappa shape index (κ1) is 19.8. The summed E-state index contributed by atoms with van der Waals surface area (Å²) in [6, 6.07) is 13.1. The van der Waals surface area contributed by atoms with Crippen molar-refractivity contribution in [2.75, 3.05) is 5.43 Å². The van der Waals surface area contributed by atoms with Crippen molar-refractivity contribution >= 4 is 23.3 Å². The Balaban J connectivity index is 1.81. The summed E-state index contributed by atoms with van der Waals surface area (Å²) in [6.45, 7) is 0. The van der Waals surface area contributed by atoms with Crippen LogP contribution in [0.4, 0.5) is 17.1 Å². The molecule has 2 aromatic rings. The van der Waals surface area contributed by atoms with Crippen LogP contribution in [0.25, 0.3) is 0 Å². The molecule has 8 heteroatoms. The van der Waals surface area contributed by atoms with Crippen molar-refractivity contribution in [1.29, 1.82) is 0 Å². The molecule has 0 atom stereocenters. The number of nitrogens with one attached hydrogen (secondary N) is 1. The van der Waals surface area contributed by atoms with Crippen LogP contribution < -0.4 is 5.43 Å². The summed E-state index contributed by atoms with van der Waals surface area (Å²) < 4.78 is 0. The number of hydrogen-bond acceptors (Lipinski definition) is 6. The Morgan fingerprint density at radius 1 is 0.966 bits per heavy atom. The van der Waals surface area contributed by atoms with E-state index in [0.29, 0.717) is 0 Å². The molecule has 0 heterocycles. The first-order chi connectivity index (χ1) is 14.0. The molecule has 0 saturated carbocycles. The maximum atomic E-state index is 11.2. The van der Waals surface area contributed by atoms with Crippen molar-refractivity contribution in [3.63, 3.8) is 0 Å². The third kappa shape index (κ3) is 5.26. The molecule has 1 aliphatic rings. The number of allylic oxidation sites excluding steroid dienone is 2. The molecule has 0 aromatic heterocycles. The minimum Gasteiger partial charge on any atom is -0.272 e. The second-order valence-electron chi connectivity index (χ2n) is 6.41. The van der Waals surface area contributed by atoms with Crippen molar-refractivity contribution in [3.05, 3.63) is 85.5 Å². The van der Waals surface area contributed by atoms with Crippen molar-refractivity contribution in [1.82, 2.24) is 0 Å². The van der Waals surface area contributed by atoms with Gasteiger partial charge in [0.15, 0.2) is 0 Å². The van der Waals surface area contributed by atoms with E-state index in [0.717, 1.165) is 48.5 Å². The maximum Gasteiger partial charge on any atom is 0.301 e. The highest BCUT2D eigenvalue weighted by Gasteiger charge is 2.19. The molecule has 1 N–H and O–H groups in total. The Labute approximate surface area is 167 Å². The number of anilines is 1. The second-order valence-corrected chi connectivity index (χ2v) is 6.41. The van der Waals surface area contributed by atoms with E-state index in [1.54, 1.807) is 6.21 Å². The summed E-state index contributed by atoms with van der Waals surface area (Å²) in [6.07, 6.45) is 5.39. The fourth-order valence-electron chi connectivity index (χ4n) is 2.94. The number of hydrazone groups is 1. The molecular formula is C21H18N4O4. The lowest BCUT2D eigenvalue weighted by Gasteiger charge is -2.13. The van der Waals surface area contributed by atoms with Crippen LogP contribution in [-0.2, 0) is 0 Å². The van der Waals surface area contributed by atoms with Crippen LogP contribution in [0.5, 0.6) is 0 Å². The highest BCUT2D eigenvalue weighted by Crippen LogP contribution is 2.29. The first-order valence-corrected chi connectivity index (χ1v) is 9.05. The van der Waals surface area contributed by atoms with Gasteiger partial charge in [-0.1, -0.05) is 30.0 Å². The Morgan fingerprint density at radius 3 is 2.45 bits per heavy atom. The van der Waals surface area contributed by atoms with Crippen LogP contribution in [0.3, 0.4) is 0 Å². The van der Waals surface area contributed by atoms with E-state index in [1.165, 1.54) is 12.1 Å². The number of nitrogens with zero attached hydrogens (tertiary/aromatic N) is 3. The average Bonchev–Trinajstić information content (AvgIpc) is 2.73. The van der Waals surface area contributed by atoms with Gasteiger partial charge in [0, 0.05) is 17.2 Å². The SMILES string of the molecule is O=[N+]([O-])c1ccc(N/N=C\C2=C(C#Cc3ccccc3)CCCC2)c([N+](=O)[O-])c1. The number of nitro benzene ring substituents is 2. The van der Waals surface area contributed by atoms with Gasteiger partial charge in [-0.15, -0.1) is 0 Å². The molecule has 146 valence electrons. The van der Waals surface area contributed by atoms with E-state index in [-0.39, 0.29) is 11.4 Å². The van der Waals surface area contributed by atoms with Gasteiger partial charge in [0.2, 0.25) is 0 Å². The van der Waals surface area contributed by atoms with E-state index in [9.17, 15) is 20.2 Å². The van der Waals surface area contributed by atoms with Gasteiger partial charge in [-0.05, 0) is 49.5 Å². The van der Waals surface area contributed by atoms with Crippen molar-refractivity contribution in [2.24, 2.45) is 5.10 Å². The van der Waals surface area contributed by atoms with Gasteiger partial charge in [-0.25, -0.2) is 0 Å². The van der Waals surface area contributed by atoms with Crippen molar-refractivity contribution in [2.45, 2.75) is 25.7 Å². The molecule has 0 bridgehead atoms. The topological polar surface area (TPSA) is 111 Å². The Hall–Kier alpha value is -3.99. The van der Waals surface area contributed by atoms with Crippen LogP contribution in [0.1, 0.15) is 31.2 Å². The minimum atomic E-state index is -0.679. The predicted octanol–water partition coefficient (Wildman–Crippen LogP) is 4.82. The maximum absolute atomic E-state index is 11.2. The standard InChI is InChI=1S/C21H18N4O4/c26-24(27)19-12-13-20(21(14-19)25(28)29)23-22-15-18-9-5-4-8-17(18)11-10-16-6-2-1-3-7-16/h1-3,6-7,12-15,23H,4-5,8-9H2/b22-15-. The number of non-ortho nitro benzene ring substituents is 1. The van der Waals surface area contributed by atoms with E-state index >= 15 is 0 Å². The van der Waals surface area contributed by atoms with Gasteiger partial charge in [0.25, 0.3) is 5.69 Å². The van der Waals surface area contributed by atoms with E-state index in [2.05, 4.69) is 22.4 Å². The van der Waals surface area contributed by atoms with Crippen LogP contribution >= 0.6 is 0 Å². The lowest BCUT2D eigenvalue weighted by molar-refractivity contribution is -0.393. The summed E-state index contributed by atoms with van der Waals surface area (Å²) in [7, 11) is 0. The molecule has 1 aliphatic carbocycles. The summed E-state index contributed by atoms with van der Waals surface area (Å²) >= 11 is 0. The first-order valence-electron chi connectivity index (χ1n) is 9.05. The highest BCUT2D eigenvalue weighted by molar-refractivity contribution is 5.82. The summed E-state index contributed by atoms with van der Waals surface area (Å²) in [5, 5.41) is 26.1. The number of hydrogen-bond donors (Lipinski definition) is 1. The van der Waals surface area contributed by atoms with Gasteiger partial charge in [-0.3, -0.25) is 25.7 Å². The molecule has 29 heavy (non-hydrogen) atoms. The molecular weight excluding hydrogens is 372 g/mol. The lowest BCUT2D eigenvalue weighted by atomic mass is 9.92. The smallest absolute Gasteiger partial charge is 0.272 e. The van der Waals surface area contributed by atoms with Gasteiger partial charge >= 0.3 is 5.69 Å². The van der Waals surface area contributed by atoms with E-state index in [4.69, 9.17) is 0 Å². The summed E-state index contributed by atoms with van der Waals surface area (Å²) in [4.78, 5) is 20.7. The van der Waals surface area contributed by atoms with Crippen LogP contribution in [0.15, 0.2) is 64.8 Å². The number of nitro groups is 2. The number of rotatable bonds is 5. The average molecular weight is 390 g/mol. The fourth-order valence-corrected chi connectivity index (χ4v) is 2.94. The third-order valence-electron chi connectivity index (χ3n) is 4.44. The normalized spacial score (nSPS) is 13.7. The molecule has 0 aliphatic heterocycles. The molecule has 0 radical (unpaired) electrons. The zero-order chi connectivity index (χ0) is 20.6. The number of benzene rings is 2. The molecule has 0 fully saturated rings. The lowest BCUT2D eigenvalue weighted by Crippen LogP contribution is -2.02. The van der Waals surface area contributed by atoms with Crippen molar-refractivity contribution < 1.29 is 9.85 Å². The zero-order valence-electron chi connectivity index (χ0n) is 15.5. The van der Waals surface area contributed by atoms with Gasteiger partial charge in [0.1, 0.15) is 5.69 Å². The molecule has 0 spiro atoms. The Bertz CT molecular complexity index is 1050. The van der Waals surface area contributed by atoms with Crippen LogP contribution in [0, 0.1) is 32.1 Å². The molecule has 0 unspecified atom stereocenters. The van der Waals surface area contributed by atoms with E-state index in [1.807, 2.05) is 30.3 Å². The van der Waals surface area contributed by atoms with Gasteiger partial charge < -0.3 is 0 Å². The van der Waals surface area contributed by atoms with Crippen LogP contribution in [0.2, 0.25) is 0 Å². The second kappa shape index (κ2) is 9.28. The fraction of sp³-hybridized carbons (Fsp3) is 0.190. The monoisotopic (exact) mass is 390 g/mol. The Morgan fingerprint density at radius 2 is 1.72 bits per heavy atom. The molecule has 3 rings (SSSR count). The third-order valence-corrected chi connectivity index (χ3v) is 4.44.